The van der Waals surface area contributed by atoms with Crippen LogP contribution in [0.15, 0.2) is 53.3 Å². The minimum absolute atomic E-state index is 0.0525. The lowest BCUT2D eigenvalue weighted by Gasteiger charge is -2.26. The van der Waals surface area contributed by atoms with E-state index in [4.69, 9.17) is 16.7 Å². The molecule has 4 rings (SSSR count). The molecule has 0 aliphatic carbocycles. The molecule has 1 N–H and O–H groups in total. The number of rotatable bonds is 7. The molecule has 7 heteroatoms. The van der Waals surface area contributed by atoms with Gasteiger partial charge in [0.05, 0.1) is 17.6 Å². The first-order valence-corrected chi connectivity index (χ1v) is 12.4. The number of carbonyl (C=O) groups excluding carboxylic acids is 1. The van der Waals surface area contributed by atoms with Crippen LogP contribution < -0.4 is 10.9 Å². The van der Waals surface area contributed by atoms with Gasteiger partial charge in [0.1, 0.15) is 0 Å². The van der Waals surface area contributed by atoms with E-state index >= 15 is 0 Å². The second-order valence-corrected chi connectivity index (χ2v) is 10.6. The third kappa shape index (κ3) is 5.68. The van der Waals surface area contributed by atoms with Gasteiger partial charge in [0.15, 0.2) is 0 Å². The van der Waals surface area contributed by atoms with Crippen LogP contribution in [-0.4, -0.2) is 46.3 Å². The molecule has 1 saturated heterocycles. The molecule has 1 fully saturated rings. The average molecular weight is 481 g/mol. The molecular weight excluding hydrogens is 448 g/mol. The van der Waals surface area contributed by atoms with Crippen molar-refractivity contribution in [1.29, 1.82) is 0 Å². The molecule has 2 heterocycles. The summed E-state index contributed by atoms with van der Waals surface area (Å²) in [7, 11) is 0. The fourth-order valence-corrected chi connectivity index (χ4v) is 4.66. The number of halogens is 1. The third-order valence-electron chi connectivity index (χ3n) is 6.48. The van der Waals surface area contributed by atoms with E-state index in [0.29, 0.717) is 29.9 Å². The number of hydrogen-bond acceptors (Lipinski definition) is 4. The molecule has 1 atom stereocenters. The summed E-state index contributed by atoms with van der Waals surface area (Å²) in [5.41, 5.74) is 1.54. The first-order chi connectivity index (χ1) is 16.2. The molecule has 0 unspecified atom stereocenters. The molecule has 3 aromatic rings. The van der Waals surface area contributed by atoms with Crippen molar-refractivity contribution in [1.82, 2.24) is 20.0 Å². The van der Waals surface area contributed by atoms with Crippen LogP contribution in [0.5, 0.6) is 0 Å². The monoisotopic (exact) mass is 480 g/mol. The number of aromatic nitrogens is 2. The second kappa shape index (κ2) is 10.3. The normalized spacial score (nSPS) is 16.8. The number of fused-ring (bicyclic) bond motifs is 1. The van der Waals surface area contributed by atoms with Crippen molar-refractivity contribution < 1.29 is 4.79 Å². The molecule has 180 valence electrons. The molecule has 1 aliphatic heterocycles. The highest BCUT2D eigenvalue weighted by Gasteiger charge is 2.27. The van der Waals surface area contributed by atoms with E-state index in [1.807, 2.05) is 69.3 Å². The van der Waals surface area contributed by atoms with Crippen molar-refractivity contribution in [2.75, 3.05) is 19.6 Å². The number of nitrogens with zero attached hydrogens (tertiary/aromatic N) is 3. The van der Waals surface area contributed by atoms with E-state index in [9.17, 15) is 9.59 Å². The van der Waals surface area contributed by atoms with E-state index in [2.05, 4.69) is 10.2 Å². The van der Waals surface area contributed by atoms with E-state index in [-0.39, 0.29) is 17.5 Å². The van der Waals surface area contributed by atoms with Crippen LogP contribution in [0.4, 0.5) is 0 Å². The summed E-state index contributed by atoms with van der Waals surface area (Å²) in [6.45, 7) is 8.64. The zero-order valence-corrected chi connectivity index (χ0v) is 20.9. The number of nitrogens with one attached hydrogen (secondary N) is 1. The van der Waals surface area contributed by atoms with Crippen molar-refractivity contribution in [3.05, 3.63) is 75.2 Å². The van der Waals surface area contributed by atoms with E-state index in [0.717, 1.165) is 42.6 Å². The Kier molecular flexibility index (Phi) is 7.39. The first-order valence-electron chi connectivity index (χ1n) is 12.0. The molecule has 1 aliphatic rings. The Hall–Kier alpha value is -2.70. The Morgan fingerprint density at radius 3 is 2.53 bits per heavy atom. The van der Waals surface area contributed by atoms with Gasteiger partial charge in [0, 0.05) is 41.4 Å². The Bertz CT molecular complexity index is 1210. The number of carbonyl (C=O) groups is 1. The predicted octanol–water partition coefficient (Wildman–Crippen LogP) is 4.27. The maximum atomic E-state index is 13.3. The van der Waals surface area contributed by atoms with Crippen LogP contribution in [0.2, 0.25) is 5.02 Å². The molecule has 1 amide bonds. The predicted molar refractivity (Wildman–Crippen MR) is 137 cm³/mol. The standard InChI is InChI=1S/C27H33ClN4O2/c1-27(2,3)26(34)29-14-16-31-15-6-7-21(31)18-32-25(33)23-9-5-4-8-22(23)24(30-32)17-19-10-12-20(28)13-11-19/h4-5,8-13,21H,6-7,14-18H2,1-3H3,(H,29,34)/t21-/m1/s1. The fraction of sp³-hybridized carbons (Fsp3) is 0.444. The molecule has 0 spiro atoms. The van der Waals surface area contributed by atoms with Gasteiger partial charge in [-0.3, -0.25) is 14.5 Å². The lowest BCUT2D eigenvalue weighted by atomic mass is 9.96. The topological polar surface area (TPSA) is 67.2 Å². The van der Waals surface area contributed by atoms with Crippen LogP contribution in [-0.2, 0) is 17.8 Å². The number of benzene rings is 2. The van der Waals surface area contributed by atoms with Crippen molar-refractivity contribution in [3.63, 3.8) is 0 Å². The lowest BCUT2D eigenvalue weighted by molar-refractivity contribution is -0.128. The summed E-state index contributed by atoms with van der Waals surface area (Å²) in [5.74, 6) is 0.0579. The molecule has 1 aromatic heterocycles. The zero-order chi connectivity index (χ0) is 24.3. The van der Waals surface area contributed by atoms with Gasteiger partial charge in [-0.25, -0.2) is 4.68 Å². The summed E-state index contributed by atoms with van der Waals surface area (Å²) < 4.78 is 1.64. The molecule has 2 aromatic carbocycles. The van der Waals surface area contributed by atoms with Crippen LogP contribution in [0, 0.1) is 5.41 Å². The molecule has 0 bridgehead atoms. The maximum absolute atomic E-state index is 13.3. The largest absolute Gasteiger partial charge is 0.354 e. The van der Waals surface area contributed by atoms with Gasteiger partial charge in [0.25, 0.3) is 5.56 Å². The fourth-order valence-electron chi connectivity index (χ4n) is 4.53. The quantitative estimate of drug-likeness (QED) is 0.548. The van der Waals surface area contributed by atoms with Crippen LogP contribution in [0.1, 0.15) is 44.9 Å². The Morgan fingerprint density at radius 1 is 1.12 bits per heavy atom. The summed E-state index contributed by atoms with van der Waals surface area (Å²) in [5, 5.41) is 10.2. The number of likely N-dealkylation sites (tertiary alicyclic amines) is 1. The molecule has 6 nitrogen and oxygen atoms in total. The second-order valence-electron chi connectivity index (χ2n) is 10.1. The van der Waals surface area contributed by atoms with Gasteiger partial charge in [-0.15, -0.1) is 0 Å². The van der Waals surface area contributed by atoms with E-state index in [1.165, 1.54) is 0 Å². The van der Waals surface area contributed by atoms with E-state index < -0.39 is 5.41 Å². The molecule has 0 saturated carbocycles. The van der Waals surface area contributed by atoms with Crippen LogP contribution in [0.3, 0.4) is 0 Å². The zero-order valence-electron chi connectivity index (χ0n) is 20.2. The lowest BCUT2D eigenvalue weighted by Crippen LogP contribution is -2.43. The van der Waals surface area contributed by atoms with E-state index in [1.54, 1.807) is 4.68 Å². The third-order valence-corrected chi connectivity index (χ3v) is 6.73. The minimum Gasteiger partial charge on any atom is -0.354 e. The highest BCUT2D eigenvalue weighted by Crippen LogP contribution is 2.21. The maximum Gasteiger partial charge on any atom is 0.274 e. The van der Waals surface area contributed by atoms with Gasteiger partial charge in [-0.2, -0.15) is 5.10 Å². The van der Waals surface area contributed by atoms with Crippen molar-refractivity contribution in [2.24, 2.45) is 5.41 Å². The average Bonchev–Trinajstić information content (AvgIpc) is 3.24. The number of amides is 1. The summed E-state index contributed by atoms with van der Waals surface area (Å²) in [4.78, 5) is 27.9. The summed E-state index contributed by atoms with van der Waals surface area (Å²) >= 11 is 6.05. The van der Waals surface area contributed by atoms with Gasteiger partial charge < -0.3 is 5.32 Å². The summed E-state index contributed by atoms with van der Waals surface area (Å²) in [6.07, 6.45) is 2.73. The Balaban J connectivity index is 1.54. The van der Waals surface area contributed by atoms with Crippen molar-refractivity contribution >= 4 is 28.3 Å². The molecule has 0 radical (unpaired) electrons. The molecule has 34 heavy (non-hydrogen) atoms. The number of hydrogen-bond donors (Lipinski definition) is 1. The molecular formula is C27H33ClN4O2. The van der Waals surface area contributed by atoms with Crippen molar-refractivity contribution in [3.8, 4) is 0 Å². The minimum atomic E-state index is -0.396. The Labute approximate surface area is 205 Å². The van der Waals surface area contributed by atoms with Gasteiger partial charge >= 0.3 is 0 Å². The summed E-state index contributed by atoms with van der Waals surface area (Å²) in [6, 6.07) is 15.7. The first kappa shape index (κ1) is 24.4. The highest BCUT2D eigenvalue weighted by atomic mass is 35.5. The van der Waals surface area contributed by atoms with Crippen LogP contribution >= 0.6 is 11.6 Å². The van der Waals surface area contributed by atoms with Crippen LogP contribution in [0.25, 0.3) is 10.8 Å². The van der Waals surface area contributed by atoms with Crippen molar-refractivity contribution in [2.45, 2.75) is 52.6 Å². The SMILES string of the molecule is CC(C)(C)C(=O)NCCN1CCC[C@@H]1Cn1nc(Cc2ccc(Cl)cc2)c2ccccc2c1=O. The highest BCUT2D eigenvalue weighted by molar-refractivity contribution is 6.30. The van der Waals surface area contributed by atoms with Gasteiger partial charge in [-0.05, 0) is 43.1 Å². The Morgan fingerprint density at radius 2 is 1.82 bits per heavy atom. The smallest absolute Gasteiger partial charge is 0.274 e. The van der Waals surface area contributed by atoms with Gasteiger partial charge in [-0.1, -0.05) is 62.7 Å². The van der Waals surface area contributed by atoms with Gasteiger partial charge in [0.2, 0.25) is 5.91 Å².